The summed E-state index contributed by atoms with van der Waals surface area (Å²) < 4.78 is 6.96. The molecule has 0 radical (unpaired) electrons. The second-order valence-electron chi connectivity index (χ2n) is 5.77. The average molecular weight is 385 g/mol. The largest absolute Gasteiger partial charge is 0.492 e. The van der Waals surface area contributed by atoms with Crippen LogP contribution in [0.3, 0.4) is 0 Å². The van der Waals surface area contributed by atoms with Gasteiger partial charge in [0.1, 0.15) is 12.4 Å². The van der Waals surface area contributed by atoms with Gasteiger partial charge in [0, 0.05) is 32.2 Å². The first-order chi connectivity index (χ1) is 12.5. The SMILES string of the molecule is CCN(CC)CCOc1ccc(C(=O)NCCNC(=O)CN(C)Cl)cc1. The maximum Gasteiger partial charge on any atom is 0.251 e. The van der Waals surface area contributed by atoms with E-state index in [1.807, 2.05) is 0 Å². The fourth-order valence-electron chi connectivity index (χ4n) is 2.27. The van der Waals surface area contributed by atoms with Crippen molar-refractivity contribution in [2.24, 2.45) is 0 Å². The molecule has 1 aromatic rings. The summed E-state index contributed by atoms with van der Waals surface area (Å²) in [4.78, 5) is 25.7. The molecule has 7 nitrogen and oxygen atoms in total. The van der Waals surface area contributed by atoms with E-state index in [0.717, 1.165) is 25.4 Å². The van der Waals surface area contributed by atoms with Crippen molar-refractivity contribution in [3.05, 3.63) is 29.8 Å². The second kappa shape index (κ2) is 12.5. The Bertz CT molecular complexity index is 548. The summed E-state index contributed by atoms with van der Waals surface area (Å²) in [5, 5.41) is 5.42. The number of hydrogen-bond donors (Lipinski definition) is 2. The zero-order chi connectivity index (χ0) is 19.4. The van der Waals surface area contributed by atoms with Gasteiger partial charge in [-0.05, 0) is 49.1 Å². The molecule has 0 fully saturated rings. The van der Waals surface area contributed by atoms with E-state index in [-0.39, 0.29) is 18.4 Å². The van der Waals surface area contributed by atoms with Gasteiger partial charge in [-0.25, -0.2) is 4.42 Å². The highest BCUT2D eigenvalue weighted by Crippen LogP contribution is 2.12. The summed E-state index contributed by atoms with van der Waals surface area (Å²) in [6.07, 6.45) is 0. The van der Waals surface area contributed by atoms with Crippen LogP contribution >= 0.6 is 11.8 Å². The third-order valence-corrected chi connectivity index (χ3v) is 3.90. The number of rotatable bonds is 12. The van der Waals surface area contributed by atoms with E-state index in [9.17, 15) is 9.59 Å². The third-order valence-electron chi connectivity index (χ3n) is 3.78. The highest BCUT2D eigenvalue weighted by atomic mass is 35.5. The van der Waals surface area contributed by atoms with Gasteiger partial charge in [0.05, 0.1) is 6.54 Å². The number of ether oxygens (including phenoxy) is 1. The first-order valence-electron chi connectivity index (χ1n) is 8.83. The van der Waals surface area contributed by atoms with Crippen molar-refractivity contribution in [3.63, 3.8) is 0 Å². The molecule has 0 aliphatic carbocycles. The topological polar surface area (TPSA) is 73.9 Å². The maximum absolute atomic E-state index is 12.1. The van der Waals surface area contributed by atoms with Gasteiger partial charge < -0.3 is 20.3 Å². The van der Waals surface area contributed by atoms with Crippen molar-refractivity contribution < 1.29 is 14.3 Å². The lowest BCUT2D eigenvalue weighted by molar-refractivity contribution is -0.121. The van der Waals surface area contributed by atoms with Crippen LogP contribution in [0.1, 0.15) is 24.2 Å². The van der Waals surface area contributed by atoms with Crippen LogP contribution in [-0.2, 0) is 4.79 Å². The molecule has 0 aromatic heterocycles. The minimum atomic E-state index is -0.192. The Morgan fingerprint density at radius 1 is 1.08 bits per heavy atom. The Kier molecular flexibility index (Phi) is 10.7. The van der Waals surface area contributed by atoms with Gasteiger partial charge in [-0.15, -0.1) is 0 Å². The van der Waals surface area contributed by atoms with Gasteiger partial charge in [-0.1, -0.05) is 13.8 Å². The quantitative estimate of drug-likeness (QED) is 0.420. The summed E-state index contributed by atoms with van der Waals surface area (Å²) in [5.41, 5.74) is 0.549. The summed E-state index contributed by atoms with van der Waals surface area (Å²) in [6.45, 7) is 8.54. The molecule has 0 atom stereocenters. The van der Waals surface area contributed by atoms with Crippen LogP contribution in [-0.4, -0.2) is 74.1 Å². The number of carbonyl (C=O) groups excluding carboxylic acids is 2. The molecule has 1 aromatic carbocycles. The zero-order valence-corrected chi connectivity index (χ0v) is 16.5. The van der Waals surface area contributed by atoms with Gasteiger partial charge in [-0.2, -0.15) is 0 Å². The minimum absolute atomic E-state index is 0.102. The fraction of sp³-hybridized carbons (Fsp3) is 0.556. The molecule has 0 heterocycles. The average Bonchev–Trinajstić information content (AvgIpc) is 2.62. The maximum atomic E-state index is 12.1. The highest BCUT2D eigenvalue weighted by molar-refractivity contribution is 6.14. The van der Waals surface area contributed by atoms with E-state index in [0.29, 0.717) is 25.3 Å². The van der Waals surface area contributed by atoms with Crippen molar-refractivity contribution >= 4 is 23.6 Å². The Morgan fingerprint density at radius 3 is 2.27 bits per heavy atom. The van der Waals surface area contributed by atoms with E-state index >= 15 is 0 Å². The van der Waals surface area contributed by atoms with Crippen LogP contribution in [0.2, 0.25) is 0 Å². The molecule has 8 heteroatoms. The predicted molar refractivity (Wildman–Crippen MR) is 104 cm³/mol. The molecule has 0 unspecified atom stereocenters. The third kappa shape index (κ3) is 9.03. The van der Waals surface area contributed by atoms with Crippen molar-refractivity contribution in [1.82, 2.24) is 20.0 Å². The number of amides is 2. The van der Waals surface area contributed by atoms with E-state index in [1.165, 1.54) is 4.42 Å². The number of hydrogen-bond acceptors (Lipinski definition) is 5. The van der Waals surface area contributed by atoms with Crippen LogP contribution < -0.4 is 15.4 Å². The summed E-state index contributed by atoms with van der Waals surface area (Å²) in [5.74, 6) is 0.359. The molecular formula is C18H29ClN4O3. The fourth-order valence-corrected chi connectivity index (χ4v) is 2.38. The molecule has 0 bridgehead atoms. The number of likely N-dealkylation sites (N-methyl/N-ethyl adjacent to an activating group) is 2. The zero-order valence-electron chi connectivity index (χ0n) is 15.8. The molecule has 2 amide bonds. The molecule has 2 N–H and O–H groups in total. The second-order valence-corrected chi connectivity index (χ2v) is 6.35. The van der Waals surface area contributed by atoms with Crippen molar-refractivity contribution in [3.8, 4) is 5.75 Å². The molecule has 0 saturated heterocycles. The molecular weight excluding hydrogens is 356 g/mol. The molecule has 0 saturated carbocycles. The molecule has 0 spiro atoms. The number of halogens is 1. The summed E-state index contributed by atoms with van der Waals surface area (Å²) in [6, 6.07) is 7.02. The van der Waals surface area contributed by atoms with Crippen LogP contribution in [0, 0.1) is 0 Å². The molecule has 26 heavy (non-hydrogen) atoms. The highest BCUT2D eigenvalue weighted by Gasteiger charge is 2.07. The van der Waals surface area contributed by atoms with Crippen LogP contribution in [0.4, 0.5) is 0 Å². The van der Waals surface area contributed by atoms with Gasteiger partial charge in [0.2, 0.25) is 5.91 Å². The lowest BCUT2D eigenvalue weighted by Crippen LogP contribution is -2.37. The first-order valence-corrected chi connectivity index (χ1v) is 9.17. The molecule has 0 aliphatic heterocycles. The van der Waals surface area contributed by atoms with Crippen molar-refractivity contribution in [2.45, 2.75) is 13.8 Å². The van der Waals surface area contributed by atoms with E-state index in [1.54, 1.807) is 31.3 Å². The van der Waals surface area contributed by atoms with Crippen LogP contribution in [0.25, 0.3) is 0 Å². The number of nitrogens with zero attached hydrogens (tertiary/aromatic N) is 2. The molecule has 146 valence electrons. The Morgan fingerprint density at radius 2 is 1.69 bits per heavy atom. The van der Waals surface area contributed by atoms with Gasteiger partial charge in [-0.3, -0.25) is 9.59 Å². The molecule has 0 aliphatic rings. The standard InChI is InChI=1S/C18H29ClN4O3/c1-4-23(5-2)12-13-26-16-8-6-15(7-9-16)18(25)21-11-10-20-17(24)14-22(3)19/h6-9H,4-5,10-14H2,1-3H3,(H,20,24)(H,21,25). The van der Waals surface area contributed by atoms with E-state index in [4.69, 9.17) is 16.5 Å². The lowest BCUT2D eigenvalue weighted by Gasteiger charge is -2.18. The van der Waals surface area contributed by atoms with E-state index < -0.39 is 0 Å². The monoisotopic (exact) mass is 384 g/mol. The van der Waals surface area contributed by atoms with Crippen LogP contribution in [0.5, 0.6) is 5.75 Å². The Labute approximate surface area is 160 Å². The number of benzene rings is 1. The number of nitrogens with one attached hydrogen (secondary N) is 2. The van der Waals surface area contributed by atoms with Crippen LogP contribution in [0.15, 0.2) is 24.3 Å². The molecule has 1 rings (SSSR count). The Balaban J connectivity index is 2.29. The van der Waals surface area contributed by atoms with Gasteiger partial charge in [0.25, 0.3) is 5.91 Å². The summed E-state index contributed by atoms with van der Waals surface area (Å²) >= 11 is 5.58. The number of carbonyl (C=O) groups is 2. The smallest absolute Gasteiger partial charge is 0.251 e. The normalized spacial score (nSPS) is 10.8. The van der Waals surface area contributed by atoms with Gasteiger partial charge in [0.15, 0.2) is 0 Å². The first kappa shape index (κ1) is 22.2. The van der Waals surface area contributed by atoms with E-state index in [2.05, 4.69) is 29.4 Å². The van der Waals surface area contributed by atoms with Crippen molar-refractivity contribution in [1.29, 1.82) is 0 Å². The Hall–Kier alpha value is -1.83. The van der Waals surface area contributed by atoms with Crippen molar-refractivity contribution in [2.75, 3.05) is 52.9 Å². The van der Waals surface area contributed by atoms with Gasteiger partial charge >= 0.3 is 0 Å². The predicted octanol–water partition coefficient (Wildman–Crippen LogP) is 1.34. The minimum Gasteiger partial charge on any atom is -0.492 e. The lowest BCUT2D eigenvalue weighted by atomic mass is 10.2. The summed E-state index contributed by atoms with van der Waals surface area (Å²) in [7, 11) is 1.60.